The van der Waals surface area contributed by atoms with Gasteiger partial charge in [-0.2, -0.15) is 4.28 Å². The first-order valence-corrected chi connectivity index (χ1v) is 8.15. The lowest BCUT2D eigenvalue weighted by Crippen LogP contribution is -2.19. The standard InChI is InChI=1S/C14H13ClN2O5S/c1-17(22-23(19)20)9-4-5-10(12(15)6-9)13(18)11-7-16-21-14(11)8-2-3-8/h4-8H,2-3H2,1H3,(H,19,20)/p-1. The molecule has 1 atom stereocenters. The minimum atomic E-state index is -2.70. The minimum Gasteiger partial charge on any atom is -0.748 e. The Hall–Kier alpha value is -1.74. The smallest absolute Gasteiger partial charge is 0.199 e. The Labute approximate surface area is 139 Å². The van der Waals surface area contributed by atoms with E-state index in [0.717, 1.165) is 17.9 Å². The van der Waals surface area contributed by atoms with Gasteiger partial charge in [-0.05, 0) is 31.0 Å². The zero-order valence-corrected chi connectivity index (χ0v) is 13.6. The largest absolute Gasteiger partial charge is 0.748 e. The van der Waals surface area contributed by atoms with E-state index in [-0.39, 0.29) is 22.3 Å². The van der Waals surface area contributed by atoms with Crippen LogP contribution in [0.2, 0.25) is 5.02 Å². The Morgan fingerprint density at radius 1 is 1.48 bits per heavy atom. The molecule has 1 saturated carbocycles. The highest BCUT2D eigenvalue weighted by atomic mass is 35.5. The van der Waals surface area contributed by atoms with Gasteiger partial charge in [0.25, 0.3) is 0 Å². The molecule has 122 valence electrons. The van der Waals surface area contributed by atoms with E-state index in [1.807, 2.05) is 0 Å². The first kappa shape index (κ1) is 16.1. The summed E-state index contributed by atoms with van der Waals surface area (Å²) < 4.78 is 30.7. The van der Waals surface area contributed by atoms with Gasteiger partial charge in [-0.25, -0.2) is 9.27 Å². The van der Waals surface area contributed by atoms with E-state index in [1.54, 1.807) is 0 Å². The number of hydroxylamine groups is 1. The molecule has 1 unspecified atom stereocenters. The molecule has 1 aromatic heterocycles. The van der Waals surface area contributed by atoms with Gasteiger partial charge >= 0.3 is 0 Å². The molecule has 1 heterocycles. The molecule has 1 aromatic carbocycles. The van der Waals surface area contributed by atoms with Crippen LogP contribution in [0.25, 0.3) is 0 Å². The van der Waals surface area contributed by atoms with Crippen molar-refractivity contribution >= 4 is 34.4 Å². The summed E-state index contributed by atoms with van der Waals surface area (Å²) in [5, 5.41) is 4.91. The monoisotopic (exact) mass is 355 g/mol. The van der Waals surface area contributed by atoms with E-state index in [2.05, 4.69) is 9.44 Å². The van der Waals surface area contributed by atoms with Gasteiger partial charge in [0.2, 0.25) is 0 Å². The summed E-state index contributed by atoms with van der Waals surface area (Å²) >= 11 is 3.46. The van der Waals surface area contributed by atoms with Crippen molar-refractivity contribution in [3.8, 4) is 0 Å². The Morgan fingerprint density at radius 3 is 2.83 bits per heavy atom. The van der Waals surface area contributed by atoms with Crippen molar-refractivity contribution < 1.29 is 22.4 Å². The number of hydrogen-bond donors (Lipinski definition) is 0. The molecule has 0 bridgehead atoms. The van der Waals surface area contributed by atoms with Crippen molar-refractivity contribution in [3.63, 3.8) is 0 Å². The summed E-state index contributed by atoms with van der Waals surface area (Å²) in [4.78, 5) is 12.6. The molecule has 1 fully saturated rings. The van der Waals surface area contributed by atoms with Crippen LogP contribution in [0.1, 0.15) is 40.4 Å². The fourth-order valence-electron chi connectivity index (χ4n) is 2.22. The van der Waals surface area contributed by atoms with Crippen LogP contribution in [-0.4, -0.2) is 26.7 Å². The Morgan fingerprint density at radius 2 is 2.22 bits per heavy atom. The molecule has 2 aromatic rings. The molecule has 7 nitrogen and oxygen atoms in total. The molecule has 9 heteroatoms. The van der Waals surface area contributed by atoms with E-state index in [4.69, 9.17) is 16.1 Å². The highest BCUT2D eigenvalue weighted by molar-refractivity contribution is 7.74. The number of carbonyl (C=O) groups is 1. The third-order valence-electron chi connectivity index (χ3n) is 3.52. The third kappa shape index (κ3) is 3.45. The molecular formula is C14H12ClN2O5S-. The number of halogens is 1. The van der Waals surface area contributed by atoms with Crippen LogP contribution in [0.3, 0.4) is 0 Å². The molecule has 23 heavy (non-hydrogen) atoms. The topological polar surface area (TPSA) is 95.7 Å². The zero-order chi connectivity index (χ0) is 16.6. The molecule has 1 aliphatic rings. The summed E-state index contributed by atoms with van der Waals surface area (Å²) in [6.45, 7) is 0. The highest BCUT2D eigenvalue weighted by Crippen LogP contribution is 2.42. The average molecular weight is 356 g/mol. The highest BCUT2D eigenvalue weighted by Gasteiger charge is 2.33. The number of nitrogens with zero attached hydrogens (tertiary/aromatic N) is 2. The van der Waals surface area contributed by atoms with Gasteiger partial charge < -0.3 is 9.08 Å². The predicted molar refractivity (Wildman–Crippen MR) is 81.8 cm³/mol. The fourth-order valence-corrected chi connectivity index (χ4v) is 2.75. The summed E-state index contributed by atoms with van der Waals surface area (Å²) in [6.07, 6.45) is 3.36. The second-order valence-corrected chi connectivity index (χ2v) is 6.11. The number of anilines is 1. The van der Waals surface area contributed by atoms with Gasteiger partial charge in [0.15, 0.2) is 11.5 Å². The SMILES string of the molecule is CN(OS(=O)[O-])c1ccc(C(=O)c2cnoc2C2CC2)c(Cl)c1. The lowest BCUT2D eigenvalue weighted by molar-refractivity contribution is 0.103. The lowest BCUT2D eigenvalue weighted by atomic mass is 10.0. The van der Waals surface area contributed by atoms with Crippen LogP contribution in [0.4, 0.5) is 5.69 Å². The molecule has 0 amide bonds. The Bertz CT molecular complexity index is 774. The van der Waals surface area contributed by atoms with Crippen molar-refractivity contribution in [1.82, 2.24) is 5.16 Å². The zero-order valence-electron chi connectivity index (χ0n) is 12.0. The van der Waals surface area contributed by atoms with Crippen molar-refractivity contribution in [3.05, 3.63) is 46.3 Å². The molecule has 0 spiro atoms. The van der Waals surface area contributed by atoms with Crippen molar-refractivity contribution in [2.45, 2.75) is 18.8 Å². The van der Waals surface area contributed by atoms with Gasteiger partial charge in [-0.3, -0.25) is 4.79 Å². The Balaban J connectivity index is 1.86. The number of benzene rings is 1. The van der Waals surface area contributed by atoms with Gasteiger partial charge in [0.1, 0.15) is 11.4 Å². The van der Waals surface area contributed by atoms with Crippen LogP contribution in [0.15, 0.2) is 28.9 Å². The normalized spacial score (nSPS) is 15.4. The average Bonchev–Trinajstić information content (AvgIpc) is 3.23. The van der Waals surface area contributed by atoms with Crippen molar-refractivity contribution in [2.75, 3.05) is 12.1 Å². The maximum absolute atomic E-state index is 12.6. The molecule has 0 N–H and O–H groups in total. The van der Waals surface area contributed by atoms with Crippen LogP contribution < -0.4 is 5.06 Å². The van der Waals surface area contributed by atoms with E-state index >= 15 is 0 Å². The molecule has 1 aliphatic carbocycles. The van der Waals surface area contributed by atoms with Gasteiger partial charge in [0, 0.05) is 18.5 Å². The van der Waals surface area contributed by atoms with Crippen molar-refractivity contribution in [1.29, 1.82) is 0 Å². The minimum absolute atomic E-state index is 0.183. The van der Waals surface area contributed by atoms with E-state index < -0.39 is 11.4 Å². The maximum Gasteiger partial charge on any atom is 0.199 e. The molecular weight excluding hydrogens is 344 g/mol. The third-order valence-corrected chi connectivity index (χ3v) is 4.18. The van der Waals surface area contributed by atoms with Crippen LogP contribution in [0, 0.1) is 0 Å². The number of aromatic nitrogens is 1. The maximum atomic E-state index is 12.6. The van der Waals surface area contributed by atoms with Crippen LogP contribution >= 0.6 is 11.6 Å². The summed E-state index contributed by atoms with van der Waals surface area (Å²) in [5.74, 6) is 0.569. The van der Waals surface area contributed by atoms with E-state index in [0.29, 0.717) is 17.0 Å². The molecule has 0 saturated heterocycles. The fraction of sp³-hybridized carbons (Fsp3) is 0.286. The number of rotatable bonds is 6. The summed E-state index contributed by atoms with van der Waals surface area (Å²) in [7, 11) is 1.41. The van der Waals surface area contributed by atoms with Crippen LogP contribution in [-0.2, 0) is 15.6 Å². The van der Waals surface area contributed by atoms with Gasteiger partial charge in [0.05, 0.1) is 22.5 Å². The van der Waals surface area contributed by atoms with Gasteiger partial charge in [-0.1, -0.05) is 16.8 Å². The molecule has 0 radical (unpaired) electrons. The summed E-state index contributed by atoms with van der Waals surface area (Å²) in [5.41, 5.74) is 1.09. The van der Waals surface area contributed by atoms with Crippen LogP contribution in [0.5, 0.6) is 0 Å². The second kappa shape index (κ2) is 6.40. The quantitative estimate of drug-likeness (QED) is 0.446. The lowest BCUT2D eigenvalue weighted by Gasteiger charge is -2.19. The predicted octanol–water partition coefficient (Wildman–Crippen LogP) is 2.60. The molecule has 3 rings (SSSR count). The summed E-state index contributed by atoms with van der Waals surface area (Å²) in [6, 6.07) is 4.50. The van der Waals surface area contributed by atoms with Gasteiger partial charge in [-0.15, -0.1) is 0 Å². The van der Waals surface area contributed by atoms with E-state index in [9.17, 15) is 13.6 Å². The first-order chi connectivity index (χ1) is 11.0. The molecule has 0 aliphatic heterocycles. The Kier molecular flexibility index (Phi) is 4.49. The second-order valence-electron chi connectivity index (χ2n) is 5.15. The van der Waals surface area contributed by atoms with Crippen molar-refractivity contribution in [2.24, 2.45) is 0 Å². The van der Waals surface area contributed by atoms with E-state index in [1.165, 1.54) is 31.4 Å². The number of ketones is 1. The first-order valence-electron chi connectivity index (χ1n) is 6.77. The number of carbonyl (C=O) groups excluding carboxylic acids is 1. The number of hydrogen-bond acceptors (Lipinski definition) is 7.